The van der Waals surface area contributed by atoms with Gasteiger partial charge in [-0.25, -0.2) is 0 Å². The van der Waals surface area contributed by atoms with E-state index in [1.54, 1.807) is 23.6 Å². The van der Waals surface area contributed by atoms with Crippen molar-refractivity contribution in [2.45, 2.75) is 51.6 Å². The molecule has 1 aliphatic rings. The smallest absolute Gasteiger partial charge is 0.280 e. The Kier molecular flexibility index (Phi) is 9.27. The minimum atomic E-state index is -1.25. The van der Waals surface area contributed by atoms with Crippen molar-refractivity contribution in [2.24, 2.45) is 11.8 Å². The van der Waals surface area contributed by atoms with Gasteiger partial charge in [0.1, 0.15) is 0 Å². The number of quaternary nitrogens is 1. The van der Waals surface area contributed by atoms with Crippen LogP contribution in [0.4, 0.5) is 0 Å². The fraction of sp³-hybridized carbons (Fsp3) is 0.824. The van der Waals surface area contributed by atoms with E-state index in [2.05, 4.69) is 11.1 Å². The molecule has 25 heavy (non-hydrogen) atoms. The Labute approximate surface area is 154 Å². The quantitative estimate of drug-likeness (QED) is 0.530. The zero-order valence-corrected chi connectivity index (χ0v) is 16.3. The van der Waals surface area contributed by atoms with Gasteiger partial charge in [-0.15, -0.1) is 0 Å². The Morgan fingerprint density at radius 3 is 2.40 bits per heavy atom. The van der Waals surface area contributed by atoms with Gasteiger partial charge in [-0.3, -0.25) is 9.59 Å². The topological polar surface area (TPSA) is 117 Å². The molecule has 0 aromatic heterocycles. The lowest BCUT2D eigenvalue weighted by Gasteiger charge is -2.33. The molecule has 1 saturated heterocycles. The first-order chi connectivity index (χ1) is 11.8. The first kappa shape index (κ1) is 21.8. The largest absolute Gasteiger partial charge is 0.548 e. The van der Waals surface area contributed by atoms with Gasteiger partial charge in [0.15, 0.2) is 6.04 Å². The number of rotatable bonds is 9. The summed E-state index contributed by atoms with van der Waals surface area (Å²) >= 11 is 1.69. The van der Waals surface area contributed by atoms with Crippen LogP contribution in [0.2, 0.25) is 0 Å². The summed E-state index contributed by atoms with van der Waals surface area (Å²) in [5, 5.41) is 13.8. The second-order valence-corrected chi connectivity index (χ2v) is 7.75. The lowest BCUT2D eigenvalue weighted by molar-refractivity contribution is -0.406. The number of nitrogens with one attached hydrogen (secondary N) is 1. The third-order valence-corrected chi connectivity index (χ3v) is 5.61. The van der Waals surface area contributed by atoms with Crippen LogP contribution in [0.25, 0.3) is 0 Å². The van der Waals surface area contributed by atoms with Gasteiger partial charge in [-0.2, -0.15) is 11.8 Å². The number of aliphatic carboxylic acids is 1. The standard InChI is InChI=1S/C17H31N3O4S/c1-4-11(2)14(17(23)24)19-15(21)12-5-8-20(9-6-12)16(22)13(18)7-10-25-3/h11-14H,4-10,18H2,1-3H3,(H,19,21)(H,23,24)/t11-,13+,14+/m1/s1. The lowest BCUT2D eigenvalue weighted by atomic mass is 9.93. The van der Waals surface area contributed by atoms with Crippen molar-refractivity contribution >= 4 is 29.5 Å². The van der Waals surface area contributed by atoms with Crippen LogP contribution >= 0.6 is 11.8 Å². The fourth-order valence-electron chi connectivity index (χ4n) is 2.94. The number of hydrogen-bond donors (Lipinski definition) is 2. The van der Waals surface area contributed by atoms with Crippen LogP contribution in [0.1, 0.15) is 39.5 Å². The van der Waals surface area contributed by atoms with Crippen LogP contribution in [0.15, 0.2) is 0 Å². The van der Waals surface area contributed by atoms with E-state index in [9.17, 15) is 19.5 Å². The second kappa shape index (κ2) is 10.7. The Morgan fingerprint density at radius 2 is 1.92 bits per heavy atom. The molecular weight excluding hydrogens is 342 g/mol. The first-order valence-electron chi connectivity index (χ1n) is 8.93. The summed E-state index contributed by atoms with van der Waals surface area (Å²) in [7, 11) is 0. The summed E-state index contributed by atoms with van der Waals surface area (Å²) in [5.74, 6) is -0.999. The van der Waals surface area contributed by atoms with Crippen LogP contribution in [0, 0.1) is 11.8 Å². The highest BCUT2D eigenvalue weighted by Gasteiger charge is 2.32. The van der Waals surface area contributed by atoms with E-state index in [0.717, 1.165) is 12.2 Å². The van der Waals surface area contributed by atoms with Crippen LogP contribution in [-0.2, 0) is 14.4 Å². The third kappa shape index (κ3) is 6.51. The molecular formula is C17H31N3O4S. The molecule has 2 amide bonds. The monoisotopic (exact) mass is 373 g/mol. The molecule has 0 aliphatic carbocycles. The van der Waals surface area contributed by atoms with E-state index in [-0.39, 0.29) is 29.7 Å². The third-order valence-electron chi connectivity index (χ3n) is 4.96. The van der Waals surface area contributed by atoms with E-state index in [0.29, 0.717) is 32.4 Å². The number of likely N-dealkylation sites (tertiary alicyclic amines) is 1. The number of hydrogen-bond acceptors (Lipinski definition) is 5. The summed E-state index contributed by atoms with van der Waals surface area (Å²) in [6.07, 6.45) is 4.50. The van der Waals surface area contributed by atoms with Gasteiger partial charge < -0.3 is 25.9 Å². The van der Waals surface area contributed by atoms with E-state index >= 15 is 0 Å². The summed E-state index contributed by atoms with van der Waals surface area (Å²) < 4.78 is 0. The minimum Gasteiger partial charge on any atom is -0.548 e. The van der Waals surface area contributed by atoms with E-state index in [1.165, 1.54) is 0 Å². The predicted octanol–water partition coefficient (Wildman–Crippen LogP) is -1.13. The van der Waals surface area contributed by atoms with Gasteiger partial charge in [0.2, 0.25) is 5.91 Å². The number of carboxylic acid groups (broad SMARTS) is 1. The van der Waals surface area contributed by atoms with Gasteiger partial charge in [0, 0.05) is 25.4 Å². The van der Waals surface area contributed by atoms with Crippen LogP contribution < -0.4 is 16.2 Å². The zero-order valence-electron chi connectivity index (χ0n) is 15.5. The molecule has 1 heterocycles. The second-order valence-electron chi connectivity index (χ2n) is 6.77. The maximum atomic E-state index is 12.4. The Morgan fingerprint density at radius 1 is 1.32 bits per heavy atom. The highest BCUT2D eigenvalue weighted by Crippen LogP contribution is 2.19. The number of carboxylic acids is 1. The molecule has 0 saturated carbocycles. The number of thioether (sulfide) groups is 1. The molecule has 0 spiro atoms. The Hall–Kier alpha value is -1.28. The highest BCUT2D eigenvalue weighted by atomic mass is 32.2. The average Bonchev–Trinajstić information content (AvgIpc) is 2.62. The Bertz CT molecular complexity index is 467. The van der Waals surface area contributed by atoms with Gasteiger partial charge in [-0.1, -0.05) is 20.3 Å². The fourth-order valence-corrected chi connectivity index (χ4v) is 3.46. The van der Waals surface area contributed by atoms with Crippen molar-refractivity contribution in [1.29, 1.82) is 0 Å². The zero-order chi connectivity index (χ0) is 19.0. The first-order valence-corrected chi connectivity index (χ1v) is 10.3. The minimum absolute atomic E-state index is 0.0418. The number of carbonyl (C=O) groups is 3. The van der Waals surface area contributed by atoms with Crippen molar-refractivity contribution in [3.05, 3.63) is 0 Å². The normalized spacial score (nSPS) is 19.1. The van der Waals surface area contributed by atoms with Crippen LogP contribution in [0.5, 0.6) is 0 Å². The lowest BCUT2D eigenvalue weighted by Crippen LogP contribution is -2.68. The number of nitrogens with zero attached hydrogens (tertiary/aromatic N) is 1. The van der Waals surface area contributed by atoms with Crippen molar-refractivity contribution < 1.29 is 25.2 Å². The van der Waals surface area contributed by atoms with Crippen LogP contribution in [0.3, 0.4) is 0 Å². The van der Waals surface area contributed by atoms with Crippen molar-refractivity contribution in [1.82, 2.24) is 10.2 Å². The molecule has 4 N–H and O–H groups in total. The Balaban J connectivity index is 2.51. The average molecular weight is 374 g/mol. The SMILES string of the molecule is CC[C@@H](C)[C@H](NC(=O)C1CCN(C(=O)[C@@H]([NH3+])CCSC)CC1)C(=O)[O-]. The molecule has 1 rings (SSSR count). The molecule has 1 fully saturated rings. The van der Waals surface area contributed by atoms with E-state index in [4.69, 9.17) is 0 Å². The number of piperidine rings is 1. The molecule has 3 atom stereocenters. The van der Waals surface area contributed by atoms with Crippen molar-refractivity contribution in [3.8, 4) is 0 Å². The van der Waals surface area contributed by atoms with Crippen LogP contribution in [-0.4, -0.2) is 59.9 Å². The molecule has 0 aromatic rings. The maximum absolute atomic E-state index is 12.4. The van der Waals surface area contributed by atoms with Crippen molar-refractivity contribution in [3.63, 3.8) is 0 Å². The predicted molar refractivity (Wildman–Crippen MR) is 95.4 cm³/mol. The van der Waals surface area contributed by atoms with E-state index in [1.807, 2.05) is 13.2 Å². The molecule has 0 bridgehead atoms. The molecule has 0 radical (unpaired) electrons. The molecule has 7 nitrogen and oxygen atoms in total. The van der Waals surface area contributed by atoms with Gasteiger partial charge in [-0.05, 0) is 30.8 Å². The summed E-state index contributed by atoms with van der Waals surface area (Å²) in [6, 6.07) is -1.21. The molecule has 0 unspecified atom stereocenters. The highest BCUT2D eigenvalue weighted by molar-refractivity contribution is 7.98. The summed E-state index contributed by atoms with van der Waals surface area (Å²) in [6.45, 7) is 4.69. The molecule has 1 aliphatic heterocycles. The van der Waals surface area contributed by atoms with Gasteiger partial charge >= 0.3 is 0 Å². The maximum Gasteiger partial charge on any atom is 0.280 e. The molecule has 0 aromatic carbocycles. The summed E-state index contributed by atoms with van der Waals surface area (Å²) in [5.41, 5.74) is 3.94. The number of carbonyl (C=O) groups excluding carboxylic acids is 3. The molecule has 144 valence electrons. The number of amides is 2. The van der Waals surface area contributed by atoms with E-state index < -0.39 is 12.0 Å². The molecule has 8 heteroatoms. The van der Waals surface area contributed by atoms with Gasteiger partial charge in [0.25, 0.3) is 5.91 Å². The summed E-state index contributed by atoms with van der Waals surface area (Å²) in [4.78, 5) is 37.7. The van der Waals surface area contributed by atoms with Crippen molar-refractivity contribution in [2.75, 3.05) is 25.1 Å². The van der Waals surface area contributed by atoms with Gasteiger partial charge in [0.05, 0.1) is 12.0 Å².